The van der Waals surface area contributed by atoms with Gasteiger partial charge >= 0.3 is 6.18 Å². The van der Waals surface area contributed by atoms with E-state index in [1.807, 2.05) is 0 Å². The highest BCUT2D eigenvalue weighted by molar-refractivity contribution is 7.89. The highest BCUT2D eigenvalue weighted by Gasteiger charge is 2.48. The van der Waals surface area contributed by atoms with Gasteiger partial charge in [0.1, 0.15) is 10.6 Å². The minimum absolute atomic E-state index is 0.110. The predicted octanol–water partition coefficient (Wildman–Crippen LogP) is 2.86. The van der Waals surface area contributed by atoms with E-state index in [-0.39, 0.29) is 28.7 Å². The molecule has 1 N–H and O–H groups in total. The lowest BCUT2D eigenvalue weighted by molar-refractivity contribution is -0.141. The molecule has 6 nitrogen and oxygen atoms in total. The standard InChI is InChI=1S/C19H26F3N3O3S/c1-12-17(4-5-18(23-12)19(20,21)22)29(26,27)25-15-2-3-16(25)11-14(10-15)24-13-6-8-28-9-7-13/h4-5,13-16,24H,2-3,6-11H2,1H3/t14?,15-,16+. The minimum Gasteiger partial charge on any atom is -0.381 e. The number of fused-ring (bicyclic) bond motifs is 2. The number of nitrogens with one attached hydrogen (secondary N) is 1. The number of aromatic nitrogens is 1. The number of sulfonamides is 1. The van der Waals surface area contributed by atoms with Crippen molar-refractivity contribution >= 4 is 10.0 Å². The topological polar surface area (TPSA) is 71.5 Å². The third-order valence-corrected chi connectivity index (χ3v) is 8.38. The second kappa shape index (κ2) is 7.79. The van der Waals surface area contributed by atoms with Crippen LogP contribution in [0.3, 0.4) is 0 Å². The molecule has 0 aromatic carbocycles. The molecule has 10 heteroatoms. The average Bonchev–Trinajstić information content (AvgIpc) is 2.94. The van der Waals surface area contributed by atoms with Gasteiger partial charge in [-0.25, -0.2) is 13.4 Å². The Morgan fingerprint density at radius 2 is 1.69 bits per heavy atom. The third-order valence-electron chi connectivity index (χ3n) is 6.24. The predicted molar refractivity (Wildman–Crippen MR) is 99.8 cm³/mol. The summed E-state index contributed by atoms with van der Waals surface area (Å²) in [5, 5.41) is 3.67. The first-order valence-electron chi connectivity index (χ1n) is 10.1. The van der Waals surface area contributed by atoms with Crippen LogP contribution in [-0.4, -0.2) is 55.1 Å². The Morgan fingerprint density at radius 1 is 1.07 bits per heavy atom. The molecule has 0 radical (unpaired) electrons. The van der Waals surface area contributed by atoms with Gasteiger partial charge in [-0.3, -0.25) is 0 Å². The maximum Gasteiger partial charge on any atom is 0.433 e. The molecule has 3 saturated heterocycles. The molecule has 1 aromatic heterocycles. The molecule has 4 rings (SSSR count). The highest BCUT2D eigenvalue weighted by atomic mass is 32.2. The van der Waals surface area contributed by atoms with Crippen molar-refractivity contribution in [3.8, 4) is 0 Å². The molecule has 3 aliphatic heterocycles. The number of alkyl halides is 3. The lowest BCUT2D eigenvalue weighted by atomic mass is 9.97. The van der Waals surface area contributed by atoms with E-state index in [0.717, 1.165) is 63.9 Å². The van der Waals surface area contributed by atoms with Crippen molar-refractivity contribution in [3.63, 3.8) is 0 Å². The average molecular weight is 433 g/mol. The number of aryl methyl sites for hydroxylation is 1. The largest absolute Gasteiger partial charge is 0.433 e. The molecule has 1 aromatic rings. The van der Waals surface area contributed by atoms with E-state index >= 15 is 0 Å². The molecule has 4 heterocycles. The summed E-state index contributed by atoms with van der Waals surface area (Å²) in [6.07, 6.45) is 0.334. The summed E-state index contributed by atoms with van der Waals surface area (Å²) in [6, 6.07) is 2.20. The van der Waals surface area contributed by atoms with Crippen LogP contribution in [0.2, 0.25) is 0 Å². The Morgan fingerprint density at radius 3 is 2.24 bits per heavy atom. The summed E-state index contributed by atoms with van der Waals surface area (Å²) < 4.78 is 72.2. The van der Waals surface area contributed by atoms with Crippen LogP contribution in [0.4, 0.5) is 13.2 Å². The van der Waals surface area contributed by atoms with Crippen LogP contribution >= 0.6 is 0 Å². The molecule has 3 aliphatic rings. The minimum atomic E-state index is -4.60. The molecular formula is C19H26F3N3O3S. The van der Waals surface area contributed by atoms with Crippen LogP contribution in [-0.2, 0) is 20.9 Å². The van der Waals surface area contributed by atoms with E-state index in [4.69, 9.17) is 4.74 Å². The molecule has 3 fully saturated rings. The van der Waals surface area contributed by atoms with Crippen LogP contribution in [0.5, 0.6) is 0 Å². The number of piperidine rings is 1. The number of nitrogens with zero attached hydrogens (tertiary/aromatic N) is 2. The van der Waals surface area contributed by atoms with Gasteiger partial charge in [-0.05, 0) is 57.6 Å². The molecular weight excluding hydrogens is 407 g/mol. The fourth-order valence-electron chi connectivity index (χ4n) is 4.95. The number of halogens is 3. The smallest absolute Gasteiger partial charge is 0.381 e. The van der Waals surface area contributed by atoms with Crippen molar-refractivity contribution in [1.29, 1.82) is 0 Å². The van der Waals surface area contributed by atoms with E-state index in [9.17, 15) is 21.6 Å². The zero-order chi connectivity index (χ0) is 20.8. The molecule has 29 heavy (non-hydrogen) atoms. The second-order valence-electron chi connectivity index (χ2n) is 8.22. The van der Waals surface area contributed by atoms with Crippen molar-refractivity contribution in [3.05, 3.63) is 23.5 Å². The zero-order valence-corrected chi connectivity index (χ0v) is 17.1. The van der Waals surface area contributed by atoms with Gasteiger partial charge in [0, 0.05) is 37.4 Å². The quantitative estimate of drug-likeness (QED) is 0.791. The van der Waals surface area contributed by atoms with Crippen LogP contribution in [0.25, 0.3) is 0 Å². The summed E-state index contributed by atoms with van der Waals surface area (Å²) in [4.78, 5) is 3.39. The molecule has 3 atom stereocenters. The van der Waals surface area contributed by atoms with Gasteiger partial charge in [0.25, 0.3) is 0 Å². The van der Waals surface area contributed by atoms with Gasteiger partial charge in [-0.15, -0.1) is 0 Å². The van der Waals surface area contributed by atoms with Crippen LogP contribution in [0.15, 0.2) is 17.0 Å². The number of ether oxygens (including phenoxy) is 1. The summed E-state index contributed by atoms with van der Waals surface area (Å²) in [5.74, 6) is 0. The lowest BCUT2D eigenvalue weighted by Gasteiger charge is -2.40. The van der Waals surface area contributed by atoms with Gasteiger partial charge in [0.15, 0.2) is 0 Å². The van der Waals surface area contributed by atoms with Crippen LogP contribution in [0, 0.1) is 6.92 Å². The van der Waals surface area contributed by atoms with Crippen LogP contribution < -0.4 is 5.32 Å². The molecule has 162 valence electrons. The molecule has 0 amide bonds. The Balaban J connectivity index is 1.51. The Bertz CT molecular complexity index is 842. The maximum atomic E-state index is 13.3. The van der Waals surface area contributed by atoms with Gasteiger partial charge in [0.05, 0.1) is 5.69 Å². The maximum absolute atomic E-state index is 13.3. The highest BCUT2D eigenvalue weighted by Crippen LogP contribution is 2.41. The van der Waals surface area contributed by atoms with Gasteiger partial charge in [-0.2, -0.15) is 17.5 Å². The van der Waals surface area contributed by atoms with Gasteiger partial charge < -0.3 is 10.1 Å². The van der Waals surface area contributed by atoms with Crippen molar-refractivity contribution < 1.29 is 26.3 Å². The van der Waals surface area contributed by atoms with Crippen molar-refractivity contribution in [2.75, 3.05) is 13.2 Å². The first-order chi connectivity index (χ1) is 13.7. The molecule has 0 saturated carbocycles. The number of pyridine rings is 1. The first-order valence-corrected chi connectivity index (χ1v) is 11.5. The summed E-state index contributed by atoms with van der Waals surface area (Å²) in [7, 11) is -3.89. The van der Waals surface area contributed by atoms with E-state index in [2.05, 4.69) is 10.3 Å². The normalized spacial score (nSPS) is 29.3. The molecule has 2 bridgehead atoms. The SMILES string of the molecule is Cc1nc(C(F)(F)F)ccc1S(=O)(=O)N1[C@@H]2CC[C@H]1CC(NC1CCOCC1)C2. The summed E-state index contributed by atoms with van der Waals surface area (Å²) in [6.45, 7) is 2.82. The molecule has 1 unspecified atom stereocenters. The van der Waals surface area contributed by atoms with Crippen molar-refractivity contribution in [2.45, 2.75) is 80.7 Å². The fourth-order valence-corrected chi connectivity index (χ4v) is 7.01. The monoisotopic (exact) mass is 433 g/mol. The number of hydrogen-bond acceptors (Lipinski definition) is 5. The van der Waals surface area contributed by atoms with E-state index < -0.39 is 21.9 Å². The summed E-state index contributed by atoms with van der Waals surface area (Å²) in [5.41, 5.74) is -1.18. The Kier molecular flexibility index (Phi) is 5.65. The van der Waals surface area contributed by atoms with E-state index in [0.29, 0.717) is 6.04 Å². The molecule has 0 spiro atoms. The number of rotatable bonds is 4. The third kappa shape index (κ3) is 4.17. The van der Waals surface area contributed by atoms with Gasteiger partial charge in [-0.1, -0.05) is 0 Å². The zero-order valence-electron chi connectivity index (χ0n) is 16.3. The first kappa shape index (κ1) is 21.0. The Labute approximate surface area is 168 Å². The van der Waals surface area contributed by atoms with Gasteiger partial charge in [0.2, 0.25) is 10.0 Å². The fraction of sp³-hybridized carbons (Fsp3) is 0.737. The number of hydrogen-bond donors (Lipinski definition) is 1. The second-order valence-corrected chi connectivity index (χ2v) is 10.0. The summed E-state index contributed by atoms with van der Waals surface area (Å²) >= 11 is 0. The molecule has 0 aliphatic carbocycles. The lowest BCUT2D eigenvalue weighted by Crippen LogP contribution is -2.53. The van der Waals surface area contributed by atoms with Crippen molar-refractivity contribution in [2.24, 2.45) is 0 Å². The van der Waals surface area contributed by atoms with Crippen LogP contribution in [0.1, 0.15) is 49.9 Å². The van der Waals surface area contributed by atoms with E-state index in [1.165, 1.54) is 11.2 Å². The van der Waals surface area contributed by atoms with Crippen molar-refractivity contribution in [1.82, 2.24) is 14.6 Å². The Hall–Kier alpha value is -1.23. The van der Waals surface area contributed by atoms with E-state index in [1.54, 1.807) is 0 Å².